The molecule has 0 bridgehead atoms. The Kier molecular flexibility index (Phi) is 6.58. The van der Waals surface area contributed by atoms with Gasteiger partial charge in [0.25, 0.3) is 0 Å². The van der Waals surface area contributed by atoms with Crippen molar-refractivity contribution in [3.8, 4) is 5.75 Å². The van der Waals surface area contributed by atoms with Gasteiger partial charge in [0.15, 0.2) is 0 Å². The second kappa shape index (κ2) is 8.03. The van der Waals surface area contributed by atoms with Crippen molar-refractivity contribution >= 4 is 0 Å². The molecule has 17 heavy (non-hydrogen) atoms. The van der Waals surface area contributed by atoms with E-state index in [1.165, 1.54) is 0 Å². The highest BCUT2D eigenvalue weighted by molar-refractivity contribution is 5.19. The van der Waals surface area contributed by atoms with Crippen molar-refractivity contribution in [1.82, 2.24) is 10.3 Å². The smallest absolute Gasteiger partial charge is 0.137 e. The third kappa shape index (κ3) is 5.65. The van der Waals surface area contributed by atoms with Gasteiger partial charge in [-0.25, -0.2) is 0 Å². The summed E-state index contributed by atoms with van der Waals surface area (Å²) in [5.74, 6) is 0.908. The van der Waals surface area contributed by atoms with Crippen LogP contribution in [0.1, 0.15) is 26.0 Å². The fraction of sp³-hybridized carbons (Fsp3) is 0.615. The molecule has 2 N–H and O–H groups in total. The third-order valence-electron chi connectivity index (χ3n) is 2.38. The highest BCUT2D eigenvalue weighted by atomic mass is 16.5. The molecule has 0 saturated carbocycles. The SMILES string of the molecule is CCCNCc1ccc(OCC(C)CO)cn1. The van der Waals surface area contributed by atoms with Gasteiger partial charge in [-0.1, -0.05) is 13.8 Å². The Labute approximate surface area is 103 Å². The molecule has 0 amide bonds. The lowest BCUT2D eigenvalue weighted by Crippen LogP contribution is -2.15. The Morgan fingerprint density at radius 2 is 2.29 bits per heavy atom. The van der Waals surface area contributed by atoms with Gasteiger partial charge in [-0.05, 0) is 25.1 Å². The number of aliphatic hydroxyl groups excluding tert-OH is 1. The van der Waals surface area contributed by atoms with Crippen LogP contribution >= 0.6 is 0 Å². The largest absolute Gasteiger partial charge is 0.492 e. The molecule has 1 heterocycles. The number of ether oxygens (including phenoxy) is 1. The van der Waals surface area contributed by atoms with E-state index in [0.29, 0.717) is 6.61 Å². The van der Waals surface area contributed by atoms with Gasteiger partial charge in [0.05, 0.1) is 18.5 Å². The van der Waals surface area contributed by atoms with E-state index < -0.39 is 0 Å². The summed E-state index contributed by atoms with van der Waals surface area (Å²) in [6.07, 6.45) is 2.85. The Balaban J connectivity index is 2.34. The molecule has 96 valence electrons. The predicted octanol–water partition coefficient (Wildman–Crippen LogP) is 1.59. The summed E-state index contributed by atoms with van der Waals surface area (Å²) in [6, 6.07) is 3.88. The molecular formula is C13H22N2O2. The maximum atomic E-state index is 8.87. The van der Waals surface area contributed by atoms with Crippen LogP contribution in [0.5, 0.6) is 5.75 Å². The van der Waals surface area contributed by atoms with Crippen LogP contribution in [-0.4, -0.2) is 29.8 Å². The van der Waals surface area contributed by atoms with Gasteiger partial charge >= 0.3 is 0 Å². The zero-order valence-electron chi connectivity index (χ0n) is 10.6. The van der Waals surface area contributed by atoms with Crippen LogP contribution in [0.3, 0.4) is 0 Å². The van der Waals surface area contributed by atoms with E-state index in [1.54, 1.807) is 6.20 Å². The van der Waals surface area contributed by atoms with Gasteiger partial charge in [0, 0.05) is 19.1 Å². The molecular weight excluding hydrogens is 216 g/mol. The van der Waals surface area contributed by atoms with Gasteiger partial charge in [-0.15, -0.1) is 0 Å². The monoisotopic (exact) mass is 238 g/mol. The number of hydrogen-bond acceptors (Lipinski definition) is 4. The Morgan fingerprint density at radius 3 is 2.88 bits per heavy atom. The highest BCUT2D eigenvalue weighted by Gasteiger charge is 2.01. The molecule has 1 unspecified atom stereocenters. The van der Waals surface area contributed by atoms with Crippen molar-refractivity contribution in [1.29, 1.82) is 0 Å². The van der Waals surface area contributed by atoms with Gasteiger partial charge in [-0.2, -0.15) is 0 Å². The number of nitrogens with zero attached hydrogens (tertiary/aromatic N) is 1. The number of hydrogen-bond donors (Lipinski definition) is 2. The van der Waals surface area contributed by atoms with Crippen LogP contribution in [-0.2, 0) is 6.54 Å². The maximum Gasteiger partial charge on any atom is 0.137 e. The molecule has 4 nitrogen and oxygen atoms in total. The fourth-order valence-electron chi connectivity index (χ4n) is 1.29. The zero-order valence-corrected chi connectivity index (χ0v) is 10.6. The zero-order chi connectivity index (χ0) is 12.5. The Hall–Kier alpha value is -1.13. The number of nitrogens with one attached hydrogen (secondary N) is 1. The van der Waals surface area contributed by atoms with E-state index in [1.807, 2.05) is 19.1 Å². The normalized spacial score (nSPS) is 12.4. The minimum Gasteiger partial charge on any atom is -0.492 e. The first-order chi connectivity index (χ1) is 8.26. The summed E-state index contributed by atoms with van der Waals surface area (Å²) in [7, 11) is 0. The number of rotatable bonds is 8. The molecule has 0 aliphatic heterocycles. The first kappa shape index (κ1) is 13.9. The first-order valence-corrected chi connectivity index (χ1v) is 6.15. The van der Waals surface area contributed by atoms with Crippen LogP contribution in [0.15, 0.2) is 18.3 Å². The second-order valence-corrected chi connectivity index (χ2v) is 4.26. The lowest BCUT2D eigenvalue weighted by atomic mass is 10.2. The minimum absolute atomic E-state index is 0.145. The van der Waals surface area contributed by atoms with Crippen molar-refractivity contribution in [2.24, 2.45) is 5.92 Å². The quantitative estimate of drug-likeness (QED) is 0.675. The molecule has 1 aromatic rings. The first-order valence-electron chi connectivity index (χ1n) is 6.15. The molecule has 0 saturated heterocycles. The summed E-state index contributed by atoms with van der Waals surface area (Å²) in [5, 5.41) is 12.2. The molecule has 0 spiro atoms. The average Bonchev–Trinajstić information content (AvgIpc) is 2.37. The van der Waals surface area contributed by atoms with Gasteiger partial charge in [-0.3, -0.25) is 4.98 Å². The van der Waals surface area contributed by atoms with Crippen LogP contribution in [0.4, 0.5) is 0 Å². The van der Waals surface area contributed by atoms with E-state index in [0.717, 1.165) is 31.0 Å². The van der Waals surface area contributed by atoms with Crippen molar-refractivity contribution in [3.63, 3.8) is 0 Å². The summed E-state index contributed by atoms with van der Waals surface area (Å²) < 4.78 is 5.50. The van der Waals surface area contributed by atoms with E-state index in [-0.39, 0.29) is 12.5 Å². The van der Waals surface area contributed by atoms with E-state index in [4.69, 9.17) is 9.84 Å². The molecule has 1 aromatic heterocycles. The van der Waals surface area contributed by atoms with E-state index in [2.05, 4.69) is 17.2 Å². The lowest BCUT2D eigenvalue weighted by molar-refractivity contribution is 0.174. The van der Waals surface area contributed by atoms with Crippen molar-refractivity contribution in [3.05, 3.63) is 24.0 Å². The highest BCUT2D eigenvalue weighted by Crippen LogP contribution is 2.10. The summed E-state index contributed by atoms with van der Waals surface area (Å²) in [4.78, 5) is 4.30. The third-order valence-corrected chi connectivity index (χ3v) is 2.38. The Morgan fingerprint density at radius 1 is 1.47 bits per heavy atom. The summed E-state index contributed by atoms with van der Waals surface area (Å²) in [5.41, 5.74) is 1.01. The van der Waals surface area contributed by atoms with Crippen LogP contribution in [0, 0.1) is 5.92 Å². The topological polar surface area (TPSA) is 54.4 Å². The molecule has 1 atom stereocenters. The molecule has 4 heteroatoms. The number of pyridine rings is 1. The molecule has 0 fully saturated rings. The molecule has 0 radical (unpaired) electrons. The maximum absolute atomic E-state index is 8.87. The van der Waals surface area contributed by atoms with E-state index in [9.17, 15) is 0 Å². The van der Waals surface area contributed by atoms with Crippen LogP contribution in [0.2, 0.25) is 0 Å². The fourth-order valence-corrected chi connectivity index (χ4v) is 1.29. The van der Waals surface area contributed by atoms with Gasteiger partial charge in [0.1, 0.15) is 5.75 Å². The minimum atomic E-state index is 0.145. The number of aliphatic hydroxyl groups is 1. The Bertz CT molecular complexity index is 301. The van der Waals surface area contributed by atoms with Crippen LogP contribution in [0.25, 0.3) is 0 Å². The van der Waals surface area contributed by atoms with Crippen molar-refractivity contribution in [2.45, 2.75) is 26.8 Å². The second-order valence-electron chi connectivity index (χ2n) is 4.26. The lowest BCUT2D eigenvalue weighted by Gasteiger charge is -2.10. The van der Waals surface area contributed by atoms with Crippen LogP contribution < -0.4 is 10.1 Å². The summed E-state index contributed by atoms with van der Waals surface area (Å²) in [6.45, 7) is 6.54. The van der Waals surface area contributed by atoms with Gasteiger partial charge < -0.3 is 15.2 Å². The summed E-state index contributed by atoms with van der Waals surface area (Å²) >= 11 is 0. The molecule has 0 aliphatic carbocycles. The molecule has 1 rings (SSSR count). The van der Waals surface area contributed by atoms with E-state index >= 15 is 0 Å². The van der Waals surface area contributed by atoms with Gasteiger partial charge in [0.2, 0.25) is 0 Å². The number of aromatic nitrogens is 1. The van der Waals surface area contributed by atoms with Crippen molar-refractivity contribution in [2.75, 3.05) is 19.8 Å². The predicted molar refractivity (Wildman–Crippen MR) is 68.0 cm³/mol. The standard InChI is InChI=1S/C13H22N2O2/c1-3-6-14-7-12-4-5-13(8-15-12)17-10-11(2)9-16/h4-5,8,11,14,16H,3,6-7,9-10H2,1-2H3. The van der Waals surface area contributed by atoms with Crippen molar-refractivity contribution < 1.29 is 9.84 Å². The molecule has 0 aliphatic rings. The average molecular weight is 238 g/mol. The molecule has 0 aromatic carbocycles.